The van der Waals surface area contributed by atoms with E-state index in [2.05, 4.69) is 21.2 Å². The van der Waals surface area contributed by atoms with Crippen molar-refractivity contribution in [3.05, 3.63) is 34.1 Å². The number of hydrogen-bond acceptors (Lipinski definition) is 2. The molecule has 1 unspecified atom stereocenters. The van der Waals surface area contributed by atoms with Crippen LogP contribution < -0.4 is 5.32 Å². The number of carboxylic acids is 1. The Kier molecular flexibility index (Phi) is 5.47. The van der Waals surface area contributed by atoms with Gasteiger partial charge >= 0.3 is 5.97 Å². The van der Waals surface area contributed by atoms with Gasteiger partial charge in [-0.3, -0.25) is 4.79 Å². The van der Waals surface area contributed by atoms with Crippen molar-refractivity contribution in [2.24, 2.45) is 5.92 Å². The Labute approximate surface area is 119 Å². The van der Waals surface area contributed by atoms with Crippen LogP contribution in [0.25, 0.3) is 0 Å². The van der Waals surface area contributed by atoms with E-state index in [4.69, 9.17) is 5.11 Å². The normalized spacial score (nSPS) is 12.3. The molecule has 0 aromatic heterocycles. The maximum Gasteiger partial charge on any atom is 0.326 e. The van der Waals surface area contributed by atoms with Crippen molar-refractivity contribution in [3.63, 3.8) is 0 Å². The van der Waals surface area contributed by atoms with Crippen molar-refractivity contribution >= 4 is 27.8 Å². The van der Waals surface area contributed by atoms with Gasteiger partial charge in [0.2, 0.25) is 5.91 Å². The maximum absolute atomic E-state index is 13.3. The van der Waals surface area contributed by atoms with Crippen LogP contribution in [0, 0.1) is 11.7 Å². The fourth-order valence-electron chi connectivity index (χ4n) is 1.57. The molecule has 1 atom stereocenters. The van der Waals surface area contributed by atoms with Crippen molar-refractivity contribution < 1.29 is 19.1 Å². The third-order valence-corrected chi connectivity index (χ3v) is 3.24. The monoisotopic (exact) mass is 331 g/mol. The molecule has 2 N–H and O–H groups in total. The highest BCUT2D eigenvalue weighted by Gasteiger charge is 2.23. The first-order chi connectivity index (χ1) is 8.81. The standard InChI is InChI=1S/C13H15BrFNO3/c1-7(2)12(13(18)19)16-11(17)6-8-3-4-9(14)10(15)5-8/h3-5,7,12H,6H2,1-2H3,(H,16,17)(H,18,19). The van der Waals surface area contributed by atoms with E-state index in [1.165, 1.54) is 12.1 Å². The molecule has 4 nitrogen and oxygen atoms in total. The van der Waals surface area contributed by atoms with E-state index in [1.807, 2.05) is 0 Å². The van der Waals surface area contributed by atoms with E-state index in [0.717, 1.165) is 0 Å². The van der Waals surface area contributed by atoms with Crippen molar-refractivity contribution in [1.82, 2.24) is 5.32 Å². The number of carbonyl (C=O) groups excluding carboxylic acids is 1. The molecular weight excluding hydrogens is 317 g/mol. The zero-order chi connectivity index (χ0) is 14.6. The topological polar surface area (TPSA) is 66.4 Å². The van der Waals surface area contributed by atoms with Crippen molar-refractivity contribution in [1.29, 1.82) is 0 Å². The fourth-order valence-corrected chi connectivity index (χ4v) is 1.82. The van der Waals surface area contributed by atoms with Crippen LogP contribution in [-0.2, 0) is 16.0 Å². The maximum atomic E-state index is 13.3. The third kappa shape index (κ3) is 4.63. The second-order valence-corrected chi connectivity index (χ2v) is 5.41. The molecule has 0 saturated heterocycles. The number of hydrogen-bond donors (Lipinski definition) is 2. The van der Waals surface area contributed by atoms with Gasteiger partial charge in [0.05, 0.1) is 10.9 Å². The van der Waals surface area contributed by atoms with Crippen LogP contribution >= 0.6 is 15.9 Å². The second kappa shape index (κ2) is 6.65. The van der Waals surface area contributed by atoms with Crippen LogP contribution in [0.1, 0.15) is 19.4 Å². The molecule has 104 valence electrons. The van der Waals surface area contributed by atoms with Gasteiger partial charge in [-0.2, -0.15) is 0 Å². The number of halogens is 2. The van der Waals surface area contributed by atoms with Gasteiger partial charge in [-0.15, -0.1) is 0 Å². The molecule has 1 aromatic carbocycles. The Bertz CT molecular complexity index is 491. The molecule has 0 spiro atoms. The first kappa shape index (κ1) is 15.6. The number of amides is 1. The van der Waals surface area contributed by atoms with Crippen LogP contribution in [-0.4, -0.2) is 23.0 Å². The van der Waals surface area contributed by atoms with Crippen molar-refractivity contribution in [2.75, 3.05) is 0 Å². The molecule has 19 heavy (non-hydrogen) atoms. The lowest BCUT2D eigenvalue weighted by Crippen LogP contribution is -2.44. The predicted octanol–water partition coefficient (Wildman–Crippen LogP) is 2.36. The summed E-state index contributed by atoms with van der Waals surface area (Å²) in [4.78, 5) is 22.7. The van der Waals surface area contributed by atoms with E-state index in [9.17, 15) is 14.0 Å². The van der Waals surface area contributed by atoms with Gasteiger partial charge in [0.25, 0.3) is 0 Å². The van der Waals surface area contributed by atoms with Gasteiger partial charge < -0.3 is 10.4 Å². The first-order valence-electron chi connectivity index (χ1n) is 5.77. The largest absolute Gasteiger partial charge is 0.480 e. The van der Waals surface area contributed by atoms with Crippen molar-refractivity contribution in [3.8, 4) is 0 Å². The van der Waals surface area contributed by atoms with Gasteiger partial charge in [0.1, 0.15) is 11.9 Å². The number of nitrogens with one attached hydrogen (secondary N) is 1. The van der Waals surface area contributed by atoms with E-state index in [1.54, 1.807) is 19.9 Å². The summed E-state index contributed by atoms with van der Waals surface area (Å²) in [5, 5.41) is 11.4. The molecule has 0 saturated carbocycles. The molecule has 1 rings (SSSR count). The predicted molar refractivity (Wildman–Crippen MR) is 72.2 cm³/mol. The van der Waals surface area contributed by atoms with Gasteiger partial charge in [-0.1, -0.05) is 19.9 Å². The van der Waals surface area contributed by atoms with Gasteiger partial charge in [-0.25, -0.2) is 9.18 Å². The lowest BCUT2D eigenvalue weighted by Gasteiger charge is -2.17. The molecule has 0 aliphatic heterocycles. The SMILES string of the molecule is CC(C)C(NC(=O)Cc1ccc(Br)c(F)c1)C(=O)O. The highest BCUT2D eigenvalue weighted by atomic mass is 79.9. The van der Waals surface area contributed by atoms with Gasteiger partial charge in [-0.05, 0) is 39.5 Å². The van der Waals surface area contributed by atoms with Crippen LogP contribution in [0.3, 0.4) is 0 Å². The zero-order valence-corrected chi connectivity index (χ0v) is 12.2. The highest BCUT2D eigenvalue weighted by molar-refractivity contribution is 9.10. The van der Waals surface area contributed by atoms with E-state index in [0.29, 0.717) is 10.0 Å². The first-order valence-corrected chi connectivity index (χ1v) is 6.56. The summed E-state index contributed by atoms with van der Waals surface area (Å²) in [7, 11) is 0. The average molecular weight is 332 g/mol. The van der Waals surface area contributed by atoms with Crippen LogP contribution in [0.5, 0.6) is 0 Å². The number of aliphatic carboxylic acids is 1. The molecular formula is C13H15BrFNO3. The Morgan fingerprint density at radius 2 is 2.05 bits per heavy atom. The quantitative estimate of drug-likeness (QED) is 0.870. The number of rotatable bonds is 5. The minimum atomic E-state index is -1.08. The molecule has 0 bridgehead atoms. The molecule has 0 aliphatic rings. The molecule has 0 heterocycles. The van der Waals surface area contributed by atoms with E-state index >= 15 is 0 Å². The zero-order valence-electron chi connectivity index (χ0n) is 10.6. The summed E-state index contributed by atoms with van der Waals surface area (Å²) in [6.07, 6.45) is -0.0549. The van der Waals surface area contributed by atoms with Crippen LogP contribution in [0.15, 0.2) is 22.7 Å². The molecule has 0 radical (unpaired) electrons. The molecule has 1 aromatic rings. The van der Waals surface area contributed by atoms with E-state index < -0.39 is 23.7 Å². The van der Waals surface area contributed by atoms with Gasteiger partial charge in [0.15, 0.2) is 0 Å². The summed E-state index contributed by atoms with van der Waals surface area (Å²) in [6, 6.07) is 3.43. The Balaban J connectivity index is 2.69. The van der Waals surface area contributed by atoms with Gasteiger partial charge in [0, 0.05) is 0 Å². The molecule has 6 heteroatoms. The van der Waals surface area contributed by atoms with Crippen LogP contribution in [0.2, 0.25) is 0 Å². The molecule has 0 fully saturated rings. The summed E-state index contributed by atoms with van der Waals surface area (Å²) in [5.41, 5.74) is 0.492. The Morgan fingerprint density at radius 3 is 2.53 bits per heavy atom. The number of carbonyl (C=O) groups is 2. The summed E-state index contributed by atoms with van der Waals surface area (Å²) >= 11 is 3.02. The lowest BCUT2D eigenvalue weighted by atomic mass is 10.0. The minimum absolute atomic E-state index is 0.0549. The number of benzene rings is 1. The smallest absolute Gasteiger partial charge is 0.326 e. The number of carboxylic acid groups (broad SMARTS) is 1. The summed E-state index contributed by atoms with van der Waals surface area (Å²) < 4.78 is 13.6. The summed E-state index contributed by atoms with van der Waals surface area (Å²) in [5.74, 6) is -2.19. The Morgan fingerprint density at radius 1 is 1.42 bits per heavy atom. The van der Waals surface area contributed by atoms with Crippen LogP contribution in [0.4, 0.5) is 4.39 Å². The van der Waals surface area contributed by atoms with E-state index in [-0.39, 0.29) is 12.3 Å². The minimum Gasteiger partial charge on any atom is -0.480 e. The fraction of sp³-hybridized carbons (Fsp3) is 0.385. The Hall–Kier alpha value is -1.43. The summed E-state index contributed by atoms with van der Waals surface area (Å²) in [6.45, 7) is 3.41. The molecule has 1 amide bonds. The third-order valence-electron chi connectivity index (χ3n) is 2.60. The highest BCUT2D eigenvalue weighted by Crippen LogP contribution is 2.16. The lowest BCUT2D eigenvalue weighted by molar-refractivity contribution is -0.143. The second-order valence-electron chi connectivity index (χ2n) is 4.55. The average Bonchev–Trinajstić information content (AvgIpc) is 2.30. The van der Waals surface area contributed by atoms with Crippen molar-refractivity contribution in [2.45, 2.75) is 26.3 Å². The molecule has 0 aliphatic carbocycles.